The quantitative estimate of drug-likeness (QED) is 0.711. The van der Waals surface area contributed by atoms with Crippen molar-refractivity contribution >= 4 is 23.6 Å². The molecule has 2 aliphatic heterocycles. The van der Waals surface area contributed by atoms with Gasteiger partial charge in [-0.1, -0.05) is 0 Å². The lowest BCUT2D eigenvalue weighted by Crippen LogP contribution is -2.57. The molecule has 2 aliphatic rings. The van der Waals surface area contributed by atoms with Crippen molar-refractivity contribution in [3.05, 3.63) is 24.0 Å². The van der Waals surface area contributed by atoms with Gasteiger partial charge in [-0.05, 0) is 12.1 Å². The Morgan fingerprint density at radius 2 is 2.11 bits per heavy atom. The van der Waals surface area contributed by atoms with E-state index in [9.17, 15) is 18.8 Å². The Bertz CT molecular complexity index is 752. The highest BCUT2D eigenvalue weighted by Gasteiger charge is 2.34. The highest BCUT2D eigenvalue weighted by Crippen LogP contribution is 2.28. The van der Waals surface area contributed by atoms with Gasteiger partial charge < -0.3 is 24.8 Å². The smallest absolute Gasteiger partial charge is 0.414 e. The number of carbonyl (C=O) groups excluding carboxylic acids is 3. The van der Waals surface area contributed by atoms with Crippen molar-refractivity contribution < 1.29 is 33.4 Å². The zero-order valence-corrected chi connectivity index (χ0v) is 14.7. The summed E-state index contributed by atoms with van der Waals surface area (Å²) in [7, 11) is 0. The lowest BCUT2D eigenvalue weighted by Gasteiger charge is -2.38. The summed E-state index contributed by atoms with van der Waals surface area (Å²) < 4.78 is 25.0. The standard InChI is InChI=1S/C17H20FN3O6/c1-10(23)19-5-12-8-21(17(25)27-12)11-2-3-15(14(18)4-11)26-13-6-20(7-13)16(24)9-22/h2-4,12-13,22H,5-9H2,1H3,(H,19,23)/t12-/m0/s1. The summed E-state index contributed by atoms with van der Waals surface area (Å²) in [4.78, 5) is 36.9. The van der Waals surface area contributed by atoms with Crippen LogP contribution in [0.25, 0.3) is 0 Å². The number of anilines is 1. The first kappa shape index (κ1) is 18.9. The minimum atomic E-state index is -0.641. The number of nitrogens with one attached hydrogen (secondary N) is 1. The Labute approximate surface area is 154 Å². The molecule has 2 heterocycles. The molecule has 146 valence electrons. The molecule has 1 aromatic carbocycles. The molecule has 3 rings (SSSR count). The number of rotatable bonds is 6. The van der Waals surface area contributed by atoms with E-state index < -0.39 is 30.5 Å². The van der Waals surface area contributed by atoms with Crippen LogP contribution in [0.15, 0.2) is 18.2 Å². The van der Waals surface area contributed by atoms with Crippen molar-refractivity contribution in [2.45, 2.75) is 19.1 Å². The highest BCUT2D eigenvalue weighted by molar-refractivity contribution is 5.90. The molecule has 0 aromatic heterocycles. The molecule has 2 saturated heterocycles. The van der Waals surface area contributed by atoms with Crippen LogP contribution in [-0.2, 0) is 14.3 Å². The Balaban J connectivity index is 1.58. The third kappa shape index (κ3) is 4.27. The van der Waals surface area contributed by atoms with E-state index in [0.717, 1.165) is 0 Å². The summed E-state index contributed by atoms with van der Waals surface area (Å²) in [6.45, 7) is 1.74. The average Bonchev–Trinajstić information content (AvgIpc) is 2.97. The number of halogens is 1. The normalized spacial score (nSPS) is 19.5. The van der Waals surface area contributed by atoms with Crippen molar-refractivity contribution in [2.24, 2.45) is 0 Å². The molecular weight excluding hydrogens is 361 g/mol. The van der Waals surface area contributed by atoms with Crippen LogP contribution in [0.5, 0.6) is 5.75 Å². The largest absolute Gasteiger partial charge is 0.484 e. The second-order valence-corrected chi connectivity index (χ2v) is 6.36. The first-order chi connectivity index (χ1) is 12.9. The molecule has 0 aliphatic carbocycles. The Hall–Kier alpha value is -2.88. The Kier molecular flexibility index (Phi) is 5.45. The van der Waals surface area contributed by atoms with Gasteiger partial charge >= 0.3 is 6.09 Å². The summed E-state index contributed by atoms with van der Waals surface area (Å²) in [6, 6.07) is 4.12. The van der Waals surface area contributed by atoms with Gasteiger partial charge in [-0.2, -0.15) is 0 Å². The fraction of sp³-hybridized carbons (Fsp3) is 0.471. The molecule has 1 aromatic rings. The van der Waals surface area contributed by atoms with Crippen molar-refractivity contribution in [3.8, 4) is 5.75 Å². The highest BCUT2D eigenvalue weighted by atomic mass is 19.1. The number of nitrogens with zero attached hydrogens (tertiary/aromatic N) is 2. The van der Waals surface area contributed by atoms with Gasteiger partial charge in [0.15, 0.2) is 11.6 Å². The third-order valence-corrected chi connectivity index (χ3v) is 4.31. The number of aliphatic hydroxyl groups excluding tert-OH is 1. The van der Waals surface area contributed by atoms with E-state index in [4.69, 9.17) is 14.6 Å². The molecule has 0 spiro atoms. The monoisotopic (exact) mass is 381 g/mol. The van der Waals surface area contributed by atoms with Gasteiger partial charge in [0.1, 0.15) is 18.8 Å². The second-order valence-electron chi connectivity index (χ2n) is 6.36. The number of benzene rings is 1. The van der Waals surface area contributed by atoms with Gasteiger partial charge in [0, 0.05) is 13.0 Å². The number of amides is 3. The van der Waals surface area contributed by atoms with Crippen LogP contribution in [0.4, 0.5) is 14.9 Å². The first-order valence-electron chi connectivity index (χ1n) is 8.44. The van der Waals surface area contributed by atoms with Crippen LogP contribution in [0.1, 0.15) is 6.92 Å². The topological polar surface area (TPSA) is 108 Å². The number of ether oxygens (including phenoxy) is 2. The average molecular weight is 381 g/mol. The van der Waals surface area contributed by atoms with Crippen molar-refractivity contribution in [1.82, 2.24) is 10.2 Å². The second kappa shape index (κ2) is 7.78. The summed E-state index contributed by atoms with van der Waals surface area (Å²) in [5, 5.41) is 11.3. The molecule has 0 radical (unpaired) electrons. The first-order valence-corrected chi connectivity index (χ1v) is 8.44. The summed E-state index contributed by atoms with van der Waals surface area (Å²) in [6.07, 6.45) is -1.47. The third-order valence-electron chi connectivity index (χ3n) is 4.31. The van der Waals surface area contributed by atoms with Gasteiger partial charge in [0.25, 0.3) is 0 Å². The predicted molar refractivity (Wildman–Crippen MR) is 90.8 cm³/mol. The number of carbonyl (C=O) groups is 3. The molecule has 9 nitrogen and oxygen atoms in total. The van der Waals surface area contributed by atoms with Crippen LogP contribution in [0.2, 0.25) is 0 Å². The number of hydrogen-bond donors (Lipinski definition) is 2. The van der Waals surface area contributed by atoms with Gasteiger partial charge in [-0.3, -0.25) is 14.5 Å². The van der Waals surface area contributed by atoms with E-state index >= 15 is 0 Å². The molecule has 0 unspecified atom stereocenters. The summed E-state index contributed by atoms with van der Waals surface area (Å²) >= 11 is 0. The Morgan fingerprint density at radius 3 is 2.74 bits per heavy atom. The molecule has 0 saturated carbocycles. The van der Waals surface area contributed by atoms with E-state index in [-0.39, 0.29) is 43.9 Å². The van der Waals surface area contributed by atoms with Gasteiger partial charge in [0.2, 0.25) is 11.8 Å². The zero-order valence-electron chi connectivity index (χ0n) is 14.7. The number of hydrogen-bond acceptors (Lipinski definition) is 6. The van der Waals surface area contributed by atoms with Gasteiger partial charge in [0.05, 0.1) is 31.9 Å². The maximum Gasteiger partial charge on any atom is 0.414 e. The summed E-state index contributed by atoms with van der Waals surface area (Å²) in [5.41, 5.74) is 0.320. The van der Waals surface area contributed by atoms with Crippen LogP contribution < -0.4 is 15.0 Å². The van der Waals surface area contributed by atoms with Crippen LogP contribution in [0.3, 0.4) is 0 Å². The molecule has 2 fully saturated rings. The lowest BCUT2D eigenvalue weighted by atomic mass is 10.1. The van der Waals surface area contributed by atoms with Crippen LogP contribution in [-0.4, -0.2) is 72.9 Å². The van der Waals surface area contributed by atoms with Crippen LogP contribution >= 0.6 is 0 Å². The van der Waals surface area contributed by atoms with Gasteiger partial charge in [-0.15, -0.1) is 0 Å². The minimum Gasteiger partial charge on any atom is -0.484 e. The molecular formula is C17H20FN3O6. The van der Waals surface area contributed by atoms with E-state index in [0.29, 0.717) is 5.69 Å². The SMILES string of the molecule is CC(=O)NC[C@H]1CN(c2ccc(OC3CN(C(=O)CO)C3)c(F)c2)C(=O)O1. The maximum atomic E-state index is 14.3. The van der Waals surface area contributed by atoms with Crippen LogP contribution in [0, 0.1) is 5.82 Å². The molecule has 1 atom stereocenters. The lowest BCUT2D eigenvalue weighted by molar-refractivity contribution is -0.143. The number of cyclic esters (lactones) is 1. The fourth-order valence-electron chi connectivity index (χ4n) is 2.85. The number of likely N-dealkylation sites (tertiary alicyclic amines) is 1. The van der Waals surface area contributed by atoms with E-state index in [2.05, 4.69) is 5.32 Å². The van der Waals surface area contributed by atoms with E-state index in [1.807, 2.05) is 0 Å². The van der Waals surface area contributed by atoms with Crippen molar-refractivity contribution in [3.63, 3.8) is 0 Å². The molecule has 27 heavy (non-hydrogen) atoms. The molecule has 10 heteroatoms. The molecule has 3 amide bonds. The van der Waals surface area contributed by atoms with Gasteiger partial charge in [-0.25, -0.2) is 9.18 Å². The molecule has 0 bridgehead atoms. The molecule has 2 N–H and O–H groups in total. The Morgan fingerprint density at radius 1 is 1.37 bits per heavy atom. The van der Waals surface area contributed by atoms with Crippen molar-refractivity contribution in [2.75, 3.05) is 37.7 Å². The minimum absolute atomic E-state index is 0.0159. The van der Waals surface area contributed by atoms with E-state index in [1.54, 1.807) is 0 Å². The maximum absolute atomic E-state index is 14.3. The number of aliphatic hydroxyl groups is 1. The predicted octanol–water partition coefficient (Wildman–Crippen LogP) is -0.131. The van der Waals surface area contributed by atoms with E-state index in [1.165, 1.54) is 34.9 Å². The zero-order chi connectivity index (χ0) is 19.6. The fourth-order valence-corrected chi connectivity index (χ4v) is 2.85. The van der Waals surface area contributed by atoms with Crippen molar-refractivity contribution in [1.29, 1.82) is 0 Å². The summed E-state index contributed by atoms with van der Waals surface area (Å²) in [5.74, 6) is -1.25.